The van der Waals surface area contributed by atoms with Gasteiger partial charge in [-0.2, -0.15) is 0 Å². The Morgan fingerprint density at radius 3 is 2.17 bits per heavy atom. The number of nitrogens with one attached hydrogen (secondary N) is 2. The summed E-state index contributed by atoms with van der Waals surface area (Å²) < 4.78 is 4.82. The van der Waals surface area contributed by atoms with E-state index in [1.54, 1.807) is 19.1 Å². The molecule has 1 atom stereocenters. The van der Waals surface area contributed by atoms with Crippen LogP contribution >= 0.6 is 0 Å². The molecule has 0 bridgehead atoms. The average Bonchev–Trinajstić information content (AvgIpc) is 2.76. The maximum absolute atomic E-state index is 12.3. The number of ketones is 1. The van der Waals surface area contributed by atoms with Gasteiger partial charge in [0.15, 0.2) is 12.4 Å². The molecule has 0 unspecified atom stereocenters. The Balaban J connectivity index is 1.73. The van der Waals surface area contributed by atoms with Crippen LogP contribution < -0.4 is 10.6 Å². The molecule has 0 aliphatic rings. The highest BCUT2D eigenvalue weighted by Gasteiger charge is 2.14. The predicted molar refractivity (Wildman–Crippen MR) is 113 cm³/mol. The molecule has 7 nitrogen and oxygen atoms in total. The number of urea groups is 1. The van der Waals surface area contributed by atoms with E-state index in [1.165, 1.54) is 0 Å². The van der Waals surface area contributed by atoms with E-state index in [9.17, 15) is 19.2 Å². The highest BCUT2D eigenvalue weighted by atomic mass is 16.5. The number of ether oxygens (including phenoxy) is 1. The molecule has 30 heavy (non-hydrogen) atoms. The summed E-state index contributed by atoms with van der Waals surface area (Å²) >= 11 is 0. The molecule has 158 valence electrons. The molecular weight excluding hydrogens is 384 g/mol. The molecule has 0 spiro atoms. The third kappa shape index (κ3) is 7.50. The highest BCUT2D eigenvalue weighted by Crippen LogP contribution is 2.20. The monoisotopic (exact) mass is 410 g/mol. The number of hydrogen-bond donors (Lipinski definition) is 2. The van der Waals surface area contributed by atoms with Crippen molar-refractivity contribution in [2.24, 2.45) is 0 Å². The van der Waals surface area contributed by atoms with E-state index in [4.69, 9.17) is 4.74 Å². The molecule has 0 saturated carbocycles. The van der Waals surface area contributed by atoms with Gasteiger partial charge in [0, 0.05) is 18.0 Å². The number of rotatable bonds is 9. The van der Waals surface area contributed by atoms with Crippen molar-refractivity contribution in [1.29, 1.82) is 0 Å². The van der Waals surface area contributed by atoms with Crippen LogP contribution in [0.25, 0.3) is 11.1 Å². The normalized spacial score (nSPS) is 11.3. The van der Waals surface area contributed by atoms with E-state index in [1.807, 2.05) is 49.4 Å². The van der Waals surface area contributed by atoms with Crippen LogP contribution in [0, 0.1) is 0 Å². The Morgan fingerprint density at radius 1 is 0.900 bits per heavy atom. The van der Waals surface area contributed by atoms with Gasteiger partial charge in [0.2, 0.25) is 0 Å². The van der Waals surface area contributed by atoms with Crippen molar-refractivity contribution in [3.63, 3.8) is 0 Å². The first-order chi connectivity index (χ1) is 14.4. The van der Waals surface area contributed by atoms with Crippen LogP contribution in [0.4, 0.5) is 4.79 Å². The molecule has 2 N–H and O–H groups in total. The van der Waals surface area contributed by atoms with Gasteiger partial charge in [0.05, 0.1) is 6.42 Å². The fourth-order valence-electron chi connectivity index (χ4n) is 2.58. The van der Waals surface area contributed by atoms with E-state index in [2.05, 4.69) is 10.6 Å². The van der Waals surface area contributed by atoms with Crippen LogP contribution in [0.5, 0.6) is 0 Å². The van der Waals surface area contributed by atoms with Crippen LogP contribution in [0.3, 0.4) is 0 Å². The molecule has 0 aliphatic carbocycles. The van der Waals surface area contributed by atoms with Crippen LogP contribution in [0.2, 0.25) is 0 Å². The summed E-state index contributed by atoms with van der Waals surface area (Å²) in [5.41, 5.74) is 2.55. The second kappa shape index (κ2) is 11.5. The molecule has 0 heterocycles. The Kier molecular flexibility index (Phi) is 8.75. The largest absolute Gasteiger partial charge is 0.456 e. The summed E-state index contributed by atoms with van der Waals surface area (Å²) in [5, 5.41) is 4.64. The summed E-state index contributed by atoms with van der Waals surface area (Å²) in [4.78, 5) is 47.2. The molecule has 0 aromatic heterocycles. The molecule has 0 fully saturated rings. The molecule has 3 amide bonds. The van der Waals surface area contributed by atoms with Gasteiger partial charge in [-0.1, -0.05) is 61.5 Å². The van der Waals surface area contributed by atoms with E-state index in [0.717, 1.165) is 17.5 Å². The van der Waals surface area contributed by atoms with E-state index in [-0.39, 0.29) is 24.7 Å². The van der Waals surface area contributed by atoms with E-state index in [0.29, 0.717) is 5.56 Å². The zero-order valence-electron chi connectivity index (χ0n) is 17.1. The lowest BCUT2D eigenvalue weighted by Gasteiger charge is -2.11. The smallest absolute Gasteiger partial charge is 0.321 e. The predicted octanol–water partition coefficient (Wildman–Crippen LogP) is 3.48. The topological polar surface area (TPSA) is 102 Å². The summed E-state index contributed by atoms with van der Waals surface area (Å²) in [6, 6.07) is 16.2. The minimum Gasteiger partial charge on any atom is -0.456 e. The second-order valence-corrected chi connectivity index (χ2v) is 6.86. The first kappa shape index (κ1) is 22.8. The molecule has 0 aliphatic heterocycles. The summed E-state index contributed by atoms with van der Waals surface area (Å²) in [6.07, 6.45) is 0.546. The van der Waals surface area contributed by atoms with E-state index >= 15 is 0 Å². The maximum atomic E-state index is 12.3. The van der Waals surface area contributed by atoms with Crippen LogP contribution in [0.15, 0.2) is 54.6 Å². The van der Waals surface area contributed by atoms with Gasteiger partial charge < -0.3 is 10.1 Å². The molecular formula is C23H26N2O5. The minimum absolute atomic E-state index is 0.0281. The average molecular weight is 410 g/mol. The number of Topliss-reactive ketones (excluding diaryl/α,β-unsaturated/α-hetero) is 1. The zero-order valence-corrected chi connectivity index (χ0v) is 17.1. The Hall–Kier alpha value is -3.48. The highest BCUT2D eigenvalue weighted by molar-refractivity contribution is 5.98. The number of benzene rings is 2. The summed E-state index contributed by atoms with van der Waals surface area (Å²) in [6.45, 7) is 3.12. The summed E-state index contributed by atoms with van der Waals surface area (Å²) in [5.74, 6) is -1.60. The summed E-state index contributed by atoms with van der Waals surface area (Å²) in [7, 11) is 0. The van der Waals surface area contributed by atoms with Crippen LogP contribution in [-0.4, -0.2) is 36.3 Å². The Morgan fingerprint density at radius 2 is 1.53 bits per heavy atom. The van der Waals surface area contributed by atoms with Gasteiger partial charge in [-0.3, -0.25) is 19.7 Å². The quantitative estimate of drug-likeness (QED) is 0.487. The number of esters is 1. The Labute approximate surface area is 175 Å². The van der Waals surface area contributed by atoms with Gasteiger partial charge in [-0.25, -0.2) is 4.79 Å². The lowest BCUT2D eigenvalue weighted by Crippen LogP contribution is -2.44. The van der Waals surface area contributed by atoms with Crippen LogP contribution in [0.1, 0.15) is 43.5 Å². The first-order valence-electron chi connectivity index (χ1n) is 9.83. The minimum atomic E-state index is -0.730. The van der Waals surface area contributed by atoms with Gasteiger partial charge in [0.1, 0.15) is 0 Å². The second-order valence-electron chi connectivity index (χ2n) is 6.86. The first-order valence-corrected chi connectivity index (χ1v) is 9.83. The van der Waals surface area contributed by atoms with Crippen molar-refractivity contribution in [1.82, 2.24) is 10.6 Å². The van der Waals surface area contributed by atoms with Crippen molar-refractivity contribution < 1.29 is 23.9 Å². The van der Waals surface area contributed by atoms with Crippen molar-refractivity contribution in [2.45, 2.75) is 39.2 Å². The molecule has 0 radical (unpaired) electrons. The van der Waals surface area contributed by atoms with Crippen molar-refractivity contribution in [2.75, 3.05) is 6.61 Å². The lowest BCUT2D eigenvalue weighted by atomic mass is 10.0. The maximum Gasteiger partial charge on any atom is 0.321 e. The van der Waals surface area contributed by atoms with Gasteiger partial charge >= 0.3 is 12.0 Å². The van der Waals surface area contributed by atoms with Crippen molar-refractivity contribution in [3.05, 3.63) is 60.2 Å². The number of imide groups is 1. The molecule has 2 rings (SSSR count). The fraction of sp³-hybridized carbons (Fsp3) is 0.304. The molecule has 2 aromatic carbocycles. The van der Waals surface area contributed by atoms with Gasteiger partial charge in [0.25, 0.3) is 5.91 Å². The van der Waals surface area contributed by atoms with Crippen molar-refractivity contribution >= 4 is 23.7 Å². The standard InChI is InChI=1S/C23H26N2O5/c1-3-16(2)24-23(29)25-21(27)15-30-22(28)14-13-20(26)19-11-9-18(10-12-19)17-7-5-4-6-8-17/h4-12,16H,3,13-15H2,1-2H3,(H2,24,25,27,29)/t16-/m1/s1. The molecule has 0 saturated heterocycles. The molecule has 7 heteroatoms. The molecule has 2 aromatic rings. The van der Waals surface area contributed by atoms with E-state index < -0.39 is 24.5 Å². The number of carbonyl (C=O) groups is 4. The van der Waals surface area contributed by atoms with Gasteiger partial charge in [-0.15, -0.1) is 0 Å². The number of hydrogen-bond acceptors (Lipinski definition) is 5. The number of amides is 3. The third-order valence-corrected chi connectivity index (χ3v) is 4.48. The number of carbonyl (C=O) groups excluding carboxylic acids is 4. The lowest BCUT2D eigenvalue weighted by molar-refractivity contribution is -0.148. The van der Waals surface area contributed by atoms with Crippen molar-refractivity contribution in [3.8, 4) is 11.1 Å². The zero-order chi connectivity index (χ0) is 21.9. The third-order valence-electron chi connectivity index (χ3n) is 4.48. The van der Waals surface area contributed by atoms with Gasteiger partial charge in [-0.05, 0) is 24.5 Å². The fourth-order valence-corrected chi connectivity index (χ4v) is 2.58. The SMILES string of the molecule is CC[C@@H](C)NC(=O)NC(=O)COC(=O)CCC(=O)c1ccc(-c2ccccc2)cc1. The van der Waals surface area contributed by atoms with Crippen LogP contribution in [-0.2, 0) is 14.3 Å². The Bertz CT molecular complexity index is 878.